The molecule has 1 saturated heterocycles. The van der Waals surface area contributed by atoms with Crippen LogP contribution in [-0.2, 0) is 0 Å². The van der Waals surface area contributed by atoms with Gasteiger partial charge in [-0.05, 0) is 51.5 Å². The van der Waals surface area contributed by atoms with E-state index >= 15 is 0 Å². The van der Waals surface area contributed by atoms with E-state index in [-0.39, 0.29) is 17.6 Å². The van der Waals surface area contributed by atoms with Gasteiger partial charge in [-0.25, -0.2) is 9.59 Å². The Morgan fingerprint density at radius 3 is 2.22 bits per heavy atom. The molecule has 7 heteroatoms. The molecule has 0 atom stereocenters. The van der Waals surface area contributed by atoms with Gasteiger partial charge < -0.3 is 25.8 Å². The summed E-state index contributed by atoms with van der Waals surface area (Å²) in [6.45, 7) is 11.7. The highest BCUT2D eigenvalue weighted by atomic mass is 16.2. The van der Waals surface area contributed by atoms with Gasteiger partial charge >= 0.3 is 12.1 Å². The Hall–Kier alpha value is -2.44. The first kappa shape index (κ1) is 20.9. The number of urea groups is 2. The van der Waals surface area contributed by atoms with E-state index in [1.807, 2.05) is 49.9 Å². The molecule has 4 amide bonds. The van der Waals surface area contributed by atoms with Crippen molar-refractivity contribution in [2.75, 3.05) is 42.9 Å². The van der Waals surface area contributed by atoms with Crippen molar-refractivity contribution < 1.29 is 9.59 Å². The van der Waals surface area contributed by atoms with Gasteiger partial charge in [0.15, 0.2) is 0 Å². The van der Waals surface area contributed by atoms with Crippen LogP contribution in [0.1, 0.15) is 40.5 Å². The molecule has 0 spiro atoms. The minimum atomic E-state index is -0.271. The summed E-state index contributed by atoms with van der Waals surface area (Å²) in [4.78, 5) is 28.2. The number of carbonyl (C=O) groups excluding carboxylic acids is 2. The Bertz CT molecular complexity index is 616. The lowest BCUT2D eigenvalue weighted by atomic mass is 10.1. The Morgan fingerprint density at radius 2 is 1.67 bits per heavy atom. The molecular weight excluding hydrogens is 342 g/mol. The van der Waals surface area contributed by atoms with Gasteiger partial charge in [0.2, 0.25) is 0 Å². The zero-order valence-electron chi connectivity index (χ0n) is 17.0. The number of rotatable bonds is 5. The number of benzene rings is 1. The highest BCUT2D eigenvalue weighted by molar-refractivity contribution is 5.89. The Balaban J connectivity index is 1.81. The van der Waals surface area contributed by atoms with E-state index in [1.54, 1.807) is 0 Å². The fourth-order valence-corrected chi connectivity index (χ4v) is 2.91. The van der Waals surface area contributed by atoms with E-state index in [2.05, 4.69) is 27.8 Å². The number of hydrogen-bond donors (Lipinski definition) is 3. The Kier molecular flexibility index (Phi) is 7.33. The first-order valence-electron chi connectivity index (χ1n) is 9.75. The van der Waals surface area contributed by atoms with Gasteiger partial charge in [-0.15, -0.1) is 0 Å². The molecule has 1 aromatic carbocycles. The van der Waals surface area contributed by atoms with E-state index in [0.717, 1.165) is 43.9 Å². The number of unbranched alkanes of at least 4 members (excludes halogenated alkanes) is 1. The number of piperazine rings is 1. The summed E-state index contributed by atoms with van der Waals surface area (Å²) < 4.78 is 0. The highest BCUT2D eigenvalue weighted by Crippen LogP contribution is 2.19. The predicted molar refractivity (Wildman–Crippen MR) is 110 cm³/mol. The minimum Gasteiger partial charge on any atom is -0.368 e. The van der Waals surface area contributed by atoms with Crippen LogP contribution < -0.4 is 20.9 Å². The van der Waals surface area contributed by atoms with Crippen molar-refractivity contribution in [1.82, 2.24) is 15.5 Å². The molecule has 150 valence electrons. The molecular formula is C20H33N5O2. The second-order valence-electron chi connectivity index (χ2n) is 7.94. The molecule has 1 aliphatic rings. The average molecular weight is 376 g/mol. The van der Waals surface area contributed by atoms with Gasteiger partial charge in [-0.1, -0.05) is 13.3 Å². The van der Waals surface area contributed by atoms with Gasteiger partial charge in [0, 0.05) is 49.6 Å². The summed E-state index contributed by atoms with van der Waals surface area (Å²) in [6, 6.07) is 7.64. The summed E-state index contributed by atoms with van der Waals surface area (Å²) in [6.07, 6.45) is 2.09. The predicted octanol–water partition coefficient (Wildman–Crippen LogP) is 3.24. The molecule has 1 aromatic rings. The summed E-state index contributed by atoms with van der Waals surface area (Å²) in [7, 11) is 0. The van der Waals surface area contributed by atoms with Gasteiger partial charge in [-0.3, -0.25) is 0 Å². The fraction of sp³-hybridized carbons (Fsp3) is 0.600. The number of amides is 4. The maximum atomic E-state index is 12.1. The van der Waals surface area contributed by atoms with E-state index in [1.165, 1.54) is 0 Å². The van der Waals surface area contributed by atoms with E-state index < -0.39 is 0 Å². The first-order valence-corrected chi connectivity index (χ1v) is 9.75. The number of anilines is 2. The quantitative estimate of drug-likeness (QED) is 0.692. The van der Waals surface area contributed by atoms with Crippen LogP contribution in [0.25, 0.3) is 0 Å². The highest BCUT2D eigenvalue weighted by Gasteiger charge is 2.21. The topological polar surface area (TPSA) is 76.7 Å². The lowest BCUT2D eigenvalue weighted by Gasteiger charge is -2.36. The maximum Gasteiger partial charge on any atom is 0.319 e. The largest absolute Gasteiger partial charge is 0.368 e. The molecule has 1 heterocycles. The molecule has 0 radical (unpaired) electrons. The van der Waals surface area contributed by atoms with Gasteiger partial charge in [0.25, 0.3) is 0 Å². The first-order chi connectivity index (χ1) is 12.8. The van der Waals surface area contributed by atoms with Gasteiger partial charge in [0.05, 0.1) is 0 Å². The SMILES string of the molecule is CCCCNC(=O)N1CCN(c2ccc(NC(=O)NC(C)(C)C)cc2)CC1. The number of nitrogens with one attached hydrogen (secondary N) is 3. The van der Waals surface area contributed by atoms with Crippen LogP contribution in [0.15, 0.2) is 24.3 Å². The normalized spacial score (nSPS) is 14.7. The molecule has 0 bridgehead atoms. The summed E-state index contributed by atoms with van der Waals surface area (Å²) in [5.41, 5.74) is 1.59. The van der Waals surface area contributed by atoms with Crippen LogP contribution >= 0.6 is 0 Å². The zero-order chi connectivity index (χ0) is 19.9. The van der Waals surface area contributed by atoms with E-state index in [4.69, 9.17) is 0 Å². The lowest BCUT2D eigenvalue weighted by Crippen LogP contribution is -2.52. The Morgan fingerprint density at radius 1 is 1.04 bits per heavy atom. The average Bonchev–Trinajstić information content (AvgIpc) is 2.61. The third-order valence-electron chi connectivity index (χ3n) is 4.35. The molecule has 1 fully saturated rings. The van der Waals surface area contributed by atoms with Crippen LogP contribution in [0.4, 0.5) is 21.0 Å². The van der Waals surface area contributed by atoms with Crippen LogP contribution in [0.5, 0.6) is 0 Å². The van der Waals surface area contributed by atoms with Crippen LogP contribution in [0.2, 0.25) is 0 Å². The van der Waals surface area contributed by atoms with Crippen molar-refractivity contribution in [1.29, 1.82) is 0 Å². The number of nitrogens with zero attached hydrogens (tertiary/aromatic N) is 2. The standard InChI is InChI=1S/C20H33N5O2/c1-5-6-11-21-19(27)25-14-12-24(13-15-25)17-9-7-16(8-10-17)22-18(26)23-20(2,3)4/h7-10H,5-6,11-15H2,1-4H3,(H,21,27)(H2,22,23,26). The second kappa shape index (κ2) is 9.48. The van der Waals surface area contributed by atoms with Crippen molar-refractivity contribution in [2.45, 2.75) is 46.1 Å². The third-order valence-corrected chi connectivity index (χ3v) is 4.35. The second-order valence-corrected chi connectivity index (χ2v) is 7.94. The molecule has 27 heavy (non-hydrogen) atoms. The molecule has 7 nitrogen and oxygen atoms in total. The maximum absolute atomic E-state index is 12.1. The van der Waals surface area contributed by atoms with Crippen molar-refractivity contribution in [3.63, 3.8) is 0 Å². The smallest absolute Gasteiger partial charge is 0.319 e. The van der Waals surface area contributed by atoms with E-state index in [0.29, 0.717) is 13.1 Å². The monoisotopic (exact) mass is 375 g/mol. The van der Waals surface area contributed by atoms with Crippen molar-refractivity contribution in [3.05, 3.63) is 24.3 Å². The molecule has 0 aromatic heterocycles. The fourth-order valence-electron chi connectivity index (χ4n) is 2.91. The van der Waals surface area contributed by atoms with Crippen LogP contribution in [0, 0.1) is 0 Å². The number of carbonyl (C=O) groups is 2. The van der Waals surface area contributed by atoms with Crippen LogP contribution in [0.3, 0.4) is 0 Å². The molecule has 1 aliphatic heterocycles. The minimum absolute atomic E-state index is 0.0347. The third kappa shape index (κ3) is 7.00. The van der Waals surface area contributed by atoms with E-state index in [9.17, 15) is 9.59 Å². The van der Waals surface area contributed by atoms with Crippen molar-refractivity contribution >= 4 is 23.4 Å². The van der Waals surface area contributed by atoms with Crippen LogP contribution in [-0.4, -0.2) is 55.2 Å². The van der Waals surface area contributed by atoms with Crippen molar-refractivity contribution in [3.8, 4) is 0 Å². The number of hydrogen-bond acceptors (Lipinski definition) is 3. The lowest BCUT2D eigenvalue weighted by molar-refractivity contribution is 0.194. The molecule has 0 aliphatic carbocycles. The molecule has 2 rings (SSSR count). The van der Waals surface area contributed by atoms with Crippen molar-refractivity contribution in [2.24, 2.45) is 0 Å². The molecule has 0 saturated carbocycles. The summed E-state index contributed by atoms with van der Waals surface area (Å²) in [5, 5.41) is 8.69. The van der Waals surface area contributed by atoms with Gasteiger partial charge in [-0.2, -0.15) is 0 Å². The summed E-state index contributed by atoms with van der Waals surface area (Å²) in [5.74, 6) is 0. The molecule has 3 N–H and O–H groups in total. The molecule has 0 unspecified atom stereocenters. The summed E-state index contributed by atoms with van der Waals surface area (Å²) >= 11 is 0. The Labute approximate surface area is 162 Å². The van der Waals surface area contributed by atoms with Gasteiger partial charge in [0.1, 0.15) is 0 Å². The zero-order valence-corrected chi connectivity index (χ0v) is 17.0.